The average molecular weight is 219 g/mol. The third-order valence-electron chi connectivity index (χ3n) is 1.74. The Morgan fingerprint density at radius 1 is 1.20 bits per heavy atom. The van der Waals surface area contributed by atoms with Crippen molar-refractivity contribution >= 4 is 0 Å². The van der Waals surface area contributed by atoms with Gasteiger partial charge in [-0.3, -0.25) is 4.98 Å². The van der Waals surface area contributed by atoms with Crippen LogP contribution in [0, 0.1) is 0 Å². The van der Waals surface area contributed by atoms with Crippen LogP contribution in [0.1, 0.15) is 44.9 Å². The molecular formula is C11H16F3N. The highest BCUT2D eigenvalue weighted by molar-refractivity contribution is 5.20. The fourth-order valence-corrected chi connectivity index (χ4v) is 0.961. The summed E-state index contributed by atoms with van der Waals surface area (Å²) in [7, 11) is 0. The number of pyridine rings is 1. The molecule has 1 nitrogen and oxygen atoms in total. The number of aromatic nitrogens is 1. The highest BCUT2D eigenvalue weighted by Crippen LogP contribution is 2.29. The monoisotopic (exact) mass is 219 g/mol. The molecule has 0 saturated heterocycles. The van der Waals surface area contributed by atoms with Gasteiger partial charge in [-0.15, -0.1) is 0 Å². The Morgan fingerprint density at radius 3 is 2.13 bits per heavy atom. The molecule has 1 heterocycles. The maximum absolute atomic E-state index is 12.2. The van der Waals surface area contributed by atoms with E-state index in [2.05, 4.69) is 4.98 Å². The molecule has 0 aliphatic heterocycles. The molecule has 0 atom stereocenters. The SMILES string of the molecule is CC.CC(C)c1ccnc(C(F)(F)F)c1. The fraction of sp³-hybridized carbons (Fsp3) is 0.545. The minimum Gasteiger partial charge on any atom is -0.252 e. The van der Waals surface area contributed by atoms with E-state index in [1.807, 2.05) is 27.7 Å². The van der Waals surface area contributed by atoms with Gasteiger partial charge in [0.05, 0.1) is 0 Å². The first-order chi connectivity index (χ1) is 6.91. The number of alkyl halides is 3. The number of rotatable bonds is 1. The Kier molecular flexibility index (Phi) is 5.33. The van der Waals surface area contributed by atoms with E-state index in [4.69, 9.17) is 0 Å². The van der Waals surface area contributed by atoms with Gasteiger partial charge in [0.25, 0.3) is 0 Å². The first-order valence-electron chi connectivity index (χ1n) is 4.94. The van der Waals surface area contributed by atoms with Crippen LogP contribution in [0.25, 0.3) is 0 Å². The highest BCUT2D eigenvalue weighted by atomic mass is 19.4. The van der Waals surface area contributed by atoms with Crippen LogP contribution in [0.4, 0.5) is 13.2 Å². The minimum absolute atomic E-state index is 0.0871. The fourth-order valence-electron chi connectivity index (χ4n) is 0.961. The lowest BCUT2D eigenvalue weighted by atomic mass is 10.0. The van der Waals surface area contributed by atoms with Gasteiger partial charge in [-0.2, -0.15) is 13.2 Å². The van der Waals surface area contributed by atoms with Crippen LogP contribution in [-0.2, 0) is 6.18 Å². The Bertz CT molecular complexity index is 292. The van der Waals surface area contributed by atoms with Crippen LogP contribution in [0.15, 0.2) is 18.3 Å². The van der Waals surface area contributed by atoms with Gasteiger partial charge < -0.3 is 0 Å². The number of hydrogen-bond acceptors (Lipinski definition) is 1. The predicted octanol–water partition coefficient (Wildman–Crippen LogP) is 4.25. The summed E-state index contributed by atoms with van der Waals surface area (Å²) in [6.07, 6.45) is -3.15. The van der Waals surface area contributed by atoms with Crippen LogP contribution in [-0.4, -0.2) is 4.98 Å². The summed E-state index contributed by atoms with van der Waals surface area (Å²) in [6.45, 7) is 7.69. The van der Waals surface area contributed by atoms with Crippen LogP contribution in [0.3, 0.4) is 0 Å². The number of nitrogens with zero attached hydrogens (tertiary/aromatic N) is 1. The van der Waals surface area contributed by atoms with E-state index in [-0.39, 0.29) is 5.92 Å². The average Bonchev–Trinajstić information content (AvgIpc) is 2.20. The molecule has 0 N–H and O–H groups in total. The van der Waals surface area contributed by atoms with Crippen molar-refractivity contribution in [2.24, 2.45) is 0 Å². The highest BCUT2D eigenvalue weighted by Gasteiger charge is 2.32. The van der Waals surface area contributed by atoms with E-state index in [1.54, 1.807) is 6.07 Å². The second-order valence-electron chi connectivity index (χ2n) is 3.13. The van der Waals surface area contributed by atoms with Gasteiger partial charge in [-0.05, 0) is 23.6 Å². The topological polar surface area (TPSA) is 12.9 Å². The maximum Gasteiger partial charge on any atom is 0.433 e. The number of halogens is 3. The van der Waals surface area contributed by atoms with Crippen LogP contribution < -0.4 is 0 Å². The van der Waals surface area contributed by atoms with E-state index < -0.39 is 11.9 Å². The van der Waals surface area contributed by atoms with Crippen molar-refractivity contribution in [2.45, 2.75) is 39.8 Å². The molecule has 0 amide bonds. The molecule has 0 aromatic carbocycles. The van der Waals surface area contributed by atoms with Crippen molar-refractivity contribution in [2.75, 3.05) is 0 Å². The van der Waals surface area contributed by atoms with Crippen molar-refractivity contribution in [3.8, 4) is 0 Å². The Labute approximate surface area is 88.3 Å². The van der Waals surface area contributed by atoms with Gasteiger partial charge in [-0.1, -0.05) is 27.7 Å². The minimum atomic E-state index is -4.34. The molecular weight excluding hydrogens is 203 g/mol. The van der Waals surface area contributed by atoms with Gasteiger partial charge in [-0.25, -0.2) is 0 Å². The second kappa shape index (κ2) is 5.73. The lowest BCUT2D eigenvalue weighted by molar-refractivity contribution is -0.141. The summed E-state index contributed by atoms with van der Waals surface area (Å²) in [5.41, 5.74) is -0.166. The molecule has 0 fully saturated rings. The molecule has 86 valence electrons. The summed E-state index contributed by atoms with van der Waals surface area (Å²) < 4.78 is 36.5. The van der Waals surface area contributed by atoms with Gasteiger partial charge in [0, 0.05) is 6.20 Å². The predicted molar refractivity (Wildman–Crippen MR) is 54.7 cm³/mol. The lowest BCUT2D eigenvalue weighted by Gasteiger charge is -2.09. The van der Waals surface area contributed by atoms with Crippen molar-refractivity contribution in [1.29, 1.82) is 0 Å². The molecule has 0 aliphatic rings. The molecule has 0 spiro atoms. The molecule has 0 saturated carbocycles. The summed E-state index contributed by atoms with van der Waals surface area (Å²) >= 11 is 0. The first kappa shape index (κ1) is 13.9. The van der Waals surface area contributed by atoms with Crippen LogP contribution >= 0.6 is 0 Å². The van der Waals surface area contributed by atoms with E-state index in [9.17, 15) is 13.2 Å². The molecule has 1 aromatic rings. The molecule has 1 aromatic heterocycles. The van der Waals surface area contributed by atoms with Gasteiger partial charge >= 0.3 is 6.18 Å². The lowest BCUT2D eigenvalue weighted by Crippen LogP contribution is -2.08. The van der Waals surface area contributed by atoms with Crippen molar-refractivity contribution in [3.05, 3.63) is 29.6 Å². The molecule has 0 radical (unpaired) electrons. The summed E-state index contributed by atoms with van der Waals surface area (Å²) in [5, 5.41) is 0. The van der Waals surface area contributed by atoms with E-state index in [0.29, 0.717) is 5.56 Å². The summed E-state index contributed by atoms with van der Waals surface area (Å²) in [4.78, 5) is 3.27. The Morgan fingerprint density at radius 2 is 1.73 bits per heavy atom. The van der Waals surface area contributed by atoms with Crippen LogP contribution in [0.2, 0.25) is 0 Å². The quantitative estimate of drug-likeness (QED) is 0.688. The standard InChI is InChI=1S/C9H10F3N.C2H6/c1-6(2)7-3-4-13-8(5-7)9(10,11)12;1-2/h3-6H,1-2H3;1-2H3. The zero-order valence-corrected chi connectivity index (χ0v) is 9.39. The third kappa shape index (κ3) is 4.32. The van der Waals surface area contributed by atoms with Gasteiger partial charge in [0.2, 0.25) is 0 Å². The summed E-state index contributed by atoms with van der Waals surface area (Å²) in [5.74, 6) is 0.0871. The van der Waals surface area contributed by atoms with Crippen molar-refractivity contribution < 1.29 is 13.2 Å². The zero-order chi connectivity index (χ0) is 12.1. The Balaban J connectivity index is 0.000000921. The molecule has 0 unspecified atom stereocenters. The third-order valence-corrected chi connectivity index (χ3v) is 1.74. The molecule has 1 rings (SSSR count). The normalized spacial score (nSPS) is 10.9. The van der Waals surface area contributed by atoms with Crippen LogP contribution in [0.5, 0.6) is 0 Å². The van der Waals surface area contributed by atoms with Crippen molar-refractivity contribution in [1.82, 2.24) is 4.98 Å². The van der Waals surface area contributed by atoms with E-state index in [1.165, 1.54) is 6.20 Å². The second-order valence-corrected chi connectivity index (χ2v) is 3.13. The molecule has 4 heteroatoms. The van der Waals surface area contributed by atoms with Crippen molar-refractivity contribution in [3.63, 3.8) is 0 Å². The summed E-state index contributed by atoms with van der Waals surface area (Å²) in [6, 6.07) is 2.69. The largest absolute Gasteiger partial charge is 0.433 e. The molecule has 0 bridgehead atoms. The van der Waals surface area contributed by atoms with E-state index in [0.717, 1.165) is 6.07 Å². The maximum atomic E-state index is 12.2. The zero-order valence-electron chi connectivity index (χ0n) is 9.39. The van der Waals surface area contributed by atoms with E-state index >= 15 is 0 Å². The first-order valence-corrected chi connectivity index (χ1v) is 4.94. The number of hydrogen-bond donors (Lipinski definition) is 0. The van der Waals surface area contributed by atoms with Gasteiger partial charge in [0.15, 0.2) is 0 Å². The van der Waals surface area contributed by atoms with Gasteiger partial charge in [0.1, 0.15) is 5.69 Å². The Hall–Kier alpha value is -1.06. The molecule has 0 aliphatic carbocycles. The molecule has 15 heavy (non-hydrogen) atoms. The smallest absolute Gasteiger partial charge is 0.252 e.